The molecule has 4 rings (SSSR count). The van der Waals surface area contributed by atoms with E-state index in [0.717, 1.165) is 27.8 Å². The molecule has 1 aromatic heterocycles. The molecule has 1 amide bonds. The molecule has 0 aliphatic rings. The molecule has 0 aliphatic carbocycles. The molecule has 3 aromatic carbocycles. The largest absolute Gasteiger partial charge is 0.363 e. The summed E-state index contributed by atoms with van der Waals surface area (Å²) >= 11 is 0. The van der Waals surface area contributed by atoms with Crippen LogP contribution in [0.25, 0.3) is 10.9 Å². The summed E-state index contributed by atoms with van der Waals surface area (Å²) < 4.78 is 13.1. The normalized spacial score (nSPS) is 11.8. The Hall–Kier alpha value is -4.00. The number of hydrogen-bond acceptors (Lipinski definition) is 5. The number of halogens is 1. The first kappa shape index (κ1) is 22.2. The van der Waals surface area contributed by atoms with Crippen molar-refractivity contribution in [3.05, 3.63) is 89.2 Å². The van der Waals surface area contributed by atoms with E-state index >= 15 is 0 Å². The second-order valence-corrected chi connectivity index (χ2v) is 8.24. The first-order chi connectivity index (χ1) is 15.8. The van der Waals surface area contributed by atoms with Gasteiger partial charge in [0, 0.05) is 36.8 Å². The van der Waals surface area contributed by atoms with Crippen molar-refractivity contribution in [2.75, 3.05) is 29.6 Å². The van der Waals surface area contributed by atoms with Crippen molar-refractivity contribution in [1.82, 2.24) is 9.97 Å². The van der Waals surface area contributed by atoms with Crippen molar-refractivity contribution in [2.45, 2.75) is 19.9 Å². The molecular formula is C26H26FN5O. The third kappa shape index (κ3) is 5.09. The predicted molar refractivity (Wildman–Crippen MR) is 131 cm³/mol. The molecule has 168 valence electrons. The van der Waals surface area contributed by atoms with E-state index in [1.54, 1.807) is 0 Å². The number of nitrogens with one attached hydrogen (secondary N) is 2. The number of benzene rings is 3. The van der Waals surface area contributed by atoms with Crippen LogP contribution in [0.4, 0.5) is 21.8 Å². The van der Waals surface area contributed by atoms with Crippen LogP contribution in [0.15, 0.2) is 66.7 Å². The van der Waals surface area contributed by atoms with E-state index in [9.17, 15) is 9.18 Å². The lowest BCUT2D eigenvalue weighted by Crippen LogP contribution is -2.15. The molecule has 0 fully saturated rings. The number of amides is 1. The van der Waals surface area contributed by atoms with Crippen LogP contribution in [0.1, 0.15) is 34.5 Å². The van der Waals surface area contributed by atoms with Crippen LogP contribution in [-0.2, 0) is 0 Å². The lowest BCUT2D eigenvalue weighted by Gasteiger charge is -2.19. The summed E-state index contributed by atoms with van der Waals surface area (Å²) in [6, 6.07) is 19.2. The van der Waals surface area contributed by atoms with Gasteiger partial charge in [0.25, 0.3) is 5.91 Å². The molecule has 0 aliphatic heterocycles. The Labute approximate surface area is 192 Å². The summed E-state index contributed by atoms with van der Waals surface area (Å²) in [4.78, 5) is 23.6. The van der Waals surface area contributed by atoms with Crippen LogP contribution >= 0.6 is 0 Å². The quantitative estimate of drug-likeness (QED) is 0.408. The average Bonchev–Trinajstić information content (AvgIpc) is 2.79. The summed E-state index contributed by atoms with van der Waals surface area (Å²) in [5.41, 5.74) is 4.14. The van der Waals surface area contributed by atoms with E-state index in [0.29, 0.717) is 17.2 Å². The van der Waals surface area contributed by atoms with E-state index in [1.165, 1.54) is 24.3 Å². The van der Waals surface area contributed by atoms with Gasteiger partial charge in [-0.25, -0.2) is 9.37 Å². The van der Waals surface area contributed by atoms with Crippen molar-refractivity contribution in [3.8, 4) is 0 Å². The smallest absolute Gasteiger partial charge is 0.255 e. The minimum atomic E-state index is -0.373. The number of aromatic nitrogens is 2. The molecule has 6 nitrogen and oxygen atoms in total. The molecule has 0 spiro atoms. The first-order valence-corrected chi connectivity index (χ1v) is 10.7. The summed E-state index contributed by atoms with van der Waals surface area (Å²) in [6.07, 6.45) is 0. The van der Waals surface area contributed by atoms with Crippen molar-refractivity contribution >= 4 is 34.3 Å². The van der Waals surface area contributed by atoms with Gasteiger partial charge in [0.1, 0.15) is 11.6 Å². The van der Waals surface area contributed by atoms with Gasteiger partial charge < -0.3 is 15.5 Å². The zero-order valence-electron chi connectivity index (χ0n) is 19.1. The fourth-order valence-corrected chi connectivity index (χ4v) is 3.49. The molecule has 0 saturated carbocycles. The van der Waals surface area contributed by atoms with Crippen LogP contribution in [-0.4, -0.2) is 30.0 Å². The number of hydrogen-bond donors (Lipinski definition) is 2. The minimum absolute atomic E-state index is 0.0266. The van der Waals surface area contributed by atoms with Crippen LogP contribution in [0.3, 0.4) is 0 Å². The van der Waals surface area contributed by atoms with Crippen LogP contribution in [0, 0.1) is 12.7 Å². The van der Waals surface area contributed by atoms with Crippen molar-refractivity contribution < 1.29 is 9.18 Å². The van der Waals surface area contributed by atoms with Crippen molar-refractivity contribution in [2.24, 2.45) is 0 Å². The highest BCUT2D eigenvalue weighted by molar-refractivity contribution is 6.04. The number of aryl methyl sites for hydroxylation is 1. The number of carbonyl (C=O) groups excluding carboxylic acids is 1. The first-order valence-electron chi connectivity index (χ1n) is 10.7. The van der Waals surface area contributed by atoms with E-state index in [1.807, 2.05) is 56.3 Å². The number of nitrogens with zero attached hydrogens (tertiary/aromatic N) is 3. The fraction of sp³-hybridized carbons (Fsp3) is 0.192. The maximum atomic E-state index is 13.1. The highest BCUT2D eigenvalue weighted by atomic mass is 19.1. The van der Waals surface area contributed by atoms with E-state index < -0.39 is 0 Å². The lowest BCUT2D eigenvalue weighted by atomic mass is 10.1. The van der Waals surface area contributed by atoms with E-state index in [4.69, 9.17) is 4.98 Å². The molecule has 33 heavy (non-hydrogen) atoms. The Morgan fingerprint density at radius 1 is 0.970 bits per heavy atom. The van der Waals surface area contributed by atoms with E-state index in [-0.39, 0.29) is 17.8 Å². The second kappa shape index (κ2) is 9.24. The van der Waals surface area contributed by atoms with Gasteiger partial charge in [0.05, 0.1) is 5.52 Å². The lowest BCUT2D eigenvalue weighted by molar-refractivity contribution is 0.102. The molecular weight excluding hydrogens is 417 g/mol. The second-order valence-electron chi connectivity index (χ2n) is 8.24. The molecule has 0 bridgehead atoms. The third-order valence-corrected chi connectivity index (χ3v) is 5.37. The van der Waals surface area contributed by atoms with Gasteiger partial charge in [0.15, 0.2) is 0 Å². The zero-order chi connectivity index (χ0) is 23.5. The Balaban J connectivity index is 1.52. The molecule has 0 saturated heterocycles. The van der Waals surface area contributed by atoms with Gasteiger partial charge >= 0.3 is 0 Å². The van der Waals surface area contributed by atoms with Gasteiger partial charge in [-0.05, 0) is 73.5 Å². The Morgan fingerprint density at radius 3 is 2.33 bits per heavy atom. The molecule has 2 N–H and O–H groups in total. The van der Waals surface area contributed by atoms with Crippen molar-refractivity contribution in [3.63, 3.8) is 0 Å². The van der Waals surface area contributed by atoms with Gasteiger partial charge in [-0.15, -0.1) is 0 Å². The summed E-state index contributed by atoms with van der Waals surface area (Å²) in [7, 11) is 3.84. The maximum absolute atomic E-state index is 13.1. The van der Waals surface area contributed by atoms with E-state index in [2.05, 4.69) is 34.7 Å². The van der Waals surface area contributed by atoms with Crippen molar-refractivity contribution in [1.29, 1.82) is 0 Å². The van der Waals surface area contributed by atoms with Crippen LogP contribution in [0.5, 0.6) is 0 Å². The molecule has 4 aromatic rings. The highest BCUT2D eigenvalue weighted by Gasteiger charge is 2.13. The fourth-order valence-electron chi connectivity index (χ4n) is 3.49. The molecule has 7 heteroatoms. The average molecular weight is 444 g/mol. The number of fused-ring (bicyclic) bond motifs is 1. The Morgan fingerprint density at radius 2 is 1.67 bits per heavy atom. The van der Waals surface area contributed by atoms with Gasteiger partial charge in [-0.1, -0.05) is 18.2 Å². The Kier molecular flexibility index (Phi) is 6.22. The number of carbonyl (C=O) groups is 1. The molecule has 1 heterocycles. The van der Waals surface area contributed by atoms with Gasteiger partial charge in [-0.3, -0.25) is 4.79 Å². The number of anilines is 3. The predicted octanol–water partition coefficient (Wildman–Crippen LogP) is 5.57. The number of rotatable bonds is 6. The van der Waals surface area contributed by atoms with Gasteiger partial charge in [-0.2, -0.15) is 4.98 Å². The highest BCUT2D eigenvalue weighted by Crippen LogP contribution is 2.28. The summed E-state index contributed by atoms with van der Waals surface area (Å²) in [6.45, 7) is 4.10. The molecule has 0 radical (unpaired) electrons. The van der Waals surface area contributed by atoms with Crippen LogP contribution < -0.4 is 15.5 Å². The summed E-state index contributed by atoms with van der Waals surface area (Å²) in [5.74, 6) is 0.751. The van der Waals surface area contributed by atoms with Crippen LogP contribution in [0.2, 0.25) is 0 Å². The third-order valence-electron chi connectivity index (χ3n) is 5.37. The monoisotopic (exact) mass is 443 g/mol. The topological polar surface area (TPSA) is 70.2 Å². The van der Waals surface area contributed by atoms with Gasteiger partial charge in [0.2, 0.25) is 5.95 Å². The zero-order valence-corrected chi connectivity index (χ0v) is 19.1. The molecule has 0 unspecified atom stereocenters. The SMILES string of the molecule is Cc1ccc2c(N[C@@H](C)c3ccc(NC(=O)c4ccc(F)cc4)cc3)nc(N(C)C)nc2c1. The Bertz CT molecular complexity index is 1290. The maximum Gasteiger partial charge on any atom is 0.255 e. The molecule has 1 atom stereocenters. The summed E-state index contributed by atoms with van der Waals surface area (Å²) in [5, 5.41) is 7.30. The standard InChI is InChI=1S/C26H26FN5O/c1-16-5-14-22-23(15-16)30-26(32(3)4)31-24(22)28-17(2)18-8-12-21(13-9-18)29-25(33)19-6-10-20(27)11-7-19/h5-15,17H,1-4H3,(H,29,33)(H,28,30,31)/t17-/m0/s1. The minimum Gasteiger partial charge on any atom is -0.363 e.